The maximum atomic E-state index is 12.8. The number of fused-ring (bicyclic) bond motifs is 1. The summed E-state index contributed by atoms with van der Waals surface area (Å²) in [5.74, 6) is 0. The van der Waals surface area contributed by atoms with Gasteiger partial charge in [-0.25, -0.2) is 4.79 Å². The van der Waals surface area contributed by atoms with Crippen LogP contribution in [-0.4, -0.2) is 37.1 Å². The van der Waals surface area contributed by atoms with Crippen molar-refractivity contribution in [2.75, 3.05) is 6.79 Å². The maximum Gasteiger partial charge on any atom is 0.315 e. The molecule has 2 fully saturated rings. The van der Waals surface area contributed by atoms with E-state index in [0.29, 0.717) is 12.8 Å². The predicted molar refractivity (Wildman–Crippen MR) is 132 cm³/mol. The smallest absolute Gasteiger partial charge is 0.315 e. The Bertz CT molecular complexity index is 877. The highest BCUT2D eigenvalue weighted by atomic mass is 16.7. The molecular weight excluding hydrogens is 412 g/mol. The van der Waals surface area contributed by atoms with Gasteiger partial charge in [-0.2, -0.15) is 0 Å². The Labute approximate surface area is 198 Å². The zero-order chi connectivity index (χ0) is 23.8. The summed E-state index contributed by atoms with van der Waals surface area (Å²) in [5, 5.41) is 6.27. The normalized spacial score (nSPS) is 25.7. The first-order chi connectivity index (χ1) is 15.5. The number of nitrogens with one attached hydrogen (secondary N) is 2. The van der Waals surface area contributed by atoms with Crippen molar-refractivity contribution < 1.29 is 14.3 Å². The Morgan fingerprint density at radius 1 is 0.697 bits per heavy atom. The Kier molecular flexibility index (Phi) is 6.56. The molecular formula is C28H38N2O3. The van der Waals surface area contributed by atoms with Gasteiger partial charge in [-0.15, -0.1) is 0 Å². The molecule has 4 rings (SSSR count). The first-order valence-corrected chi connectivity index (χ1v) is 12.0. The number of hydrogen-bond acceptors (Lipinski definition) is 3. The molecule has 2 saturated heterocycles. The largest absolute Gasteiger partial charge is 0.347 e. The van der Waals surface area contributed by atoms with E-state index in [1.165, 1.54) is 22.3 Å². The van der Waals surface area contributed by atoms with Gasteiger partial charge in [-0.1, -0.05) is 90.1 Å². The molecule has 0 bridgehead atoms. The lowest BCUT2D eigenvalue weighted by Crippen LogP contribution is -2.47. The van der Waals surface area contributed by atoms with E-state index >= 15 is 0 Å². The molecule has 0 aromatic heterocycles. The fourth-order valence-corrected chi connectivity index (χ4v) is 4.74. The lowest BCUT2D eigenvalue weighted by molar-refractivity contribution is 0.0275. The number of carbonyl (C=O) groups excluding carboxylic acids is 1. The molecule has 2 aliphatic rings. The van der Waals surface area contributed by atoms with Crippen molar-refractivity contribution in [2.45, 2.75) is 89.5 Å². The molecule has 2 aliphatic heterocycles. The van der Waals surface area contributed by atoms with Crippen LogP contribution in [0.25, 0.3) is 0 Å². The standard InChI is InChI=1S/C28H38N2O3/c1-27(2,3)20-11-7-18(8-12-20)15-22-24-25(33-17-32-24)23(30-26(31)29-22)16-19-9-13-21(14-10-19)28(4,5)6/h7-14,22-25H,15-17H2,1-6H3,(H2,29,30,31)/t22-,23-,24+,25+/m1/s1. The van der Waals surface area contributed by atoms with E-state index < -0.39 is 0 Å². The van der Waals surface area contributed by atoms with Crippen LogP contribution in [0.3, 0.4) is 0 Å². The molecule has 2 aromatic carbocycles. The number of urea groups is 1. The molecule has 0 aliphatic carbocycles. The third-order valence-corrected chi connectivity index (χ3v) is 6.82. The molecule has 2 aromatic rings. The van der Waals surface area contributed by atoms with E-state index in [4.69, 9.17) is 9.47 Å². The van der Waals surface area contributed by atoms with E-state index in [1.54, 1.807) is 0 Å². The number of amides is 2. The quantitative estimate of drug-likeness (QED) is 0.700. The summed E-state index contributed by atoms with van der Waals surface area (Å²) < 4.78 is 12.0. The summed E-state index contributed by atoms with van der Waals surface area (Å²) in [4.78, 5) is 12.8. The summed E-state index contributed by atoms with van der Waals surface area (Å²) in [6, 6.07) is 16.9. The van der Waals surface area contributed by atoms with Crippen molar-refractivity contribution in [3.8, 4) is 0 Å². The highest BCUT2D eigenvalue weighted by molar-refractivity contribution is 5.75. The minimum atomic E-state index is -0.190. The van der Waals surface area contributed by atoms with E-state index in [1.807, 2.05) is 0 Å². The third kappa shape index (κ3) is 5.59. The molecule has 5 nitrogen and oxygen atoms in total. The highest BCUT2D eigenvalue weighted by Crippen LogP contribution is 2.28. The summed E-state index contributed by atoms with van der Waals surface area (Å²) in [6.45, 7) is 13.5. The number of ether oxygens (including phenoxy) is 2. The van der Waals surface area contributed by atoms with Gasteiger partial charge in [0.1, 0.15) is 19.0 Å². The molecule has 33 heavy (non-hydrogen) atoms. The van der Waals surface area contributed by atoms with Gasteiger partial charge >= 0.3 is 6.03 Å². The predicted octanol–water partition coefficient (Wildman–Crippen LogP) is 4.86. The van der Waals surface area contributed by atoms with Crippen LogP contribution >= 0.6 is 0 Å². The average molecular weight is 451 g/mol. The second-order valence-electron chi connectivity index (χ2n) is 11.5. The maximum absolute atomic E-state index is 12.8. The molecule has 4 atom stereocenters. The highest BCUT2D eigenvalue weighted by Gasteiger charge is 2.44. The summed E-state index contributed by atoms with van der Waals surface area (Å²) >= 11 is 0. The van der Waals surface area contributed by atoms with Crippen molar-refractivity contribution in [1.29, 1.82) is 0 Å². The number of carbonyl (C=O) groups is 1. The van der Waals surface area contributed by atoms with Gasteiger partial charge in [0.25, 0.3) is 0 Å². The molecule has 2 amide bonds. The fourth-order valence-electron chi connectivity index (χ4n) is 4.74. The first-order valence-electron chi connectivity index (χ1n) is 12.0. The molecule has 2 heterocycles. The summed E-state index contributed by atoms with van der Waals surface area (Å²) in [7, 11) is 0. The van der Waals surface area contributed by atoms with Gasteiger partial charge in [0.15, 0.2) is 0 Å². The van der Waals surface area contributed by atoms with E-state index in [9.17, 15) is 4.79 Å². The molecule has 5 heteroatoms. The van der Waals surface area contributed by atoms with Crippen LogP contribution in [0.5, 0.6) is 0 Å². The van der Waals surface area contributed by atoms with Crippen LogP contribution in [0.15, 0.2) is 48.5 Å². The van der Waals surface area contributed by atoms with Crippen molar-refractivity contribution in [1.82, 2.24) is 10.6 Å². The summed E-state index contributed by atoms with van der Waals surface area (Å²) in [6.07, 6.45) is 1.03. The number of benzene rings is 2. The minimum Gasteiger partial charge on any atom is -0.347 e. The average Bonchev–Trinajstić information content (AvgIpc) is 3.18. The zero-order valence-electron chi connectivity index (χ0n) is 20.8. The van der Waals surface area contributed by atoms with Gasteiger partial charge in [0.05, 0.1) is 12.1 Å². The van der Waals surface area contributed by atoms with Crippen molar-refractivity contribution in [3.63, 3.8) is 0 Å². The second-order valence-corrected chi connectivity index (χ2v) is 11.5. The van der Waals surface area contributed by atoms with Crippen LogP contribution < -0.4 is 10.6 Å². The summed E-state index contributed by atoms with van der Waals surface area (Å²) in [5.41, 5.74) is 5.19. The van der Waals surface area contributed by atoms with Gasteiger partial charge in [0.2, 0.25) is 0 Å². The van der Waals surface area contributed by atoms with Crippen LogP contribution in [0.4, 0.5) is 4.79 Å². The zero-order valence-corrected chi connectivity index (χ0v) is 20.8. The van der Waals surface area contributed by atoms with Crippen LogP contribution in [-0.2, 0) is 33.1 Å². The van der Waals surface area contributed by atoms with E-state index in [0.717, 1.165) is 0 Å². The van der Waals surface area contributed by atoms with Crippen LogP contribution in [0, 0.1) is 0 Å². The lowest BCUT2D eigenvalue weighted by atomic mass is 9.85. The third-order valence-electron chi connectivity index (χ3n) is 6.82. The molecule has 2 N–H and O–H groups in total. The fraction of sp³-hybridized carbons (Fsp3) is 0.536. The van der Waals surface area contributed by atoms with Gasteiger partial charge < -0.3 is 20.1 Å². The van der Waals surface area contributed by atoms with E-state index in [-0.39, 0.29) is 47.9 Å². The molecule has 0 radical (unpaired) electrons. The van der Waals surface area contributed by atoms with Crippen molar-refractivity contribution >= 4 is 6.03 Å². The Morgan fingerprint density at radius 3 is 1.39 bits per heavy atom. The van der Waals surface area contributed by atoms with E-state index in [2.05, 4.69) is 101 Å². The van der Waals surface area contributed by atoms with Crippen molar-refractivity contribution in [3.05, 3.63) is 70.8 Å². The molecule has 178 valence electrons. The lowest BCUT2D eigenvalue weighted by Gasteiger charge is -2.27. The number of rotatable bonds is 4. The van der Waals surface area contributed by atoms with Gasteiger partial charge in [-0.05, 0) is 45.9 Å². The Balaban J connectivity index is 1.49. The Hall–Kier alpha value is -2.37. The molecule has 0 unspecified atom stereocenters. The van der Waals surface area contributed by atoms with Crippen LogP contribution in [0.2, 0.25) is 0 Å². The SMILES string of the molecule is CC(C)(C)c1ccc(C[C@H]2NC(=O)N[C@H](Cc3ccc(C(C)(C)C)cc3)[C@@H]3OCO[C@H]32)cc1. The minimum absolute atomic E-state index is 0.116. The van der Waals surface area contributed by atoms with Crippen molar-refractivity contribution in [2.24, 2.45) is 0 Å². The number of hydrogen-bond donors (Lipinski definition) is 2. The first kappa shape index (κ1) is 23.8. The Morgan fingerprint density at radius 2 is 1.06 bits per heavy atom. The topological polar surface area (TPSA) is 59.6 Å². The second kappa shape index (κ2) is 9.11. The van der Waals surface area contributed by atoms with Gasteiger partial charge in [-0.3, -0.25) is 0 Å². The van der Waals surface area contributed by atoms with Crippen LogP contribution in [0.1, 0.15) is 63.8 Å². The molecule has 0 saturated carbocycles. The van der Waals surface area contributed by atoms with Gasteiger partial charge in [0, 0.05) is 0 Å². The molecule has 0 spiro atoms. The monoisotopic (exact) mass is 450 g/mol.